The first kappa shape index (κ1) is 16.4. The Bertz CT molecular complexity index is 862. The number of hydrogen-bond donors (Lipinski definition) is 1. The van der Waals surface area contributed by atoms with Gasteiger partial charge in [0.25, 0.3) is 0 Å². The van der Waals surface area contributed by atoms with Gasteiger partial charge in [-0.1, -0.05) is 23.7 Å². The molecule has 2 aromatic carbocycles. The standard InChI is InChI=1S/C16H9ClF4N2O/c17-14-9(16(19,20)21)5-6-11-13(14)15(22-7-12(24)23-11)8-3-1-2-4-10(8)18/h1-6H,7H2,(H,23,24). The van der Waals surface area contributed by atoms with Crippen molar-refractivity contribution in [2.24, 2.45) is 4.99 Å². The van der Waals surface area contributed by atoms with E-state index in [1.807, 2.05) is 0 Å². The van der Waals surface area contributed by atoms with Crippen LogP contribution in [0.2, 0.25) is 5.02 Å². The lowest BCUT2D eigenvalue weighted by Gasteiger charge is -2.17. The number of rotatable bonds is 1. The summed E-state index contributed by atoms with van der Waals surface area (Å²) in [4.78, 5) is 15.7. The highest BCUT2D eigenvalue weighted by Gasteiger charge is 2.36. The van der Waals surface area contributed by atoms with Gasteiger partial charge in [0.15, 0.2) is 0 Å². The van der Waals surface area contributed by atoms with Crippen molar-refractivity contribution in [1.29, 1.82) is 0 Å². The van der Waals surface area contributed by atoms with Crippen LogP contribution in [0.25, 0.3) is 0 Å². The van der Waals surface area contributed by atoms with Crippen molar-refractivity contribution in [2.75, 3.05) is 11.9 Å². The van der Waals surface area contributed by atoms with E-state index in [9.17, 15) is 22.4 Å². The molecule has 0 aliphatic carbocycles. The zero-order valence-corrected chi connectivity index (χ0v) is 12.7. The molecule has 1 N–H and O–H groups in total. The zero-order chi connectivity index (χ0) is 17.5. The number of hydrogen-bond acceptors (Lipinski definition) is 2. The number of benzodiazepines with no additional fused rings is 1. The van der Waals surface area contributed by atoms with Crippen molar-refractivity contribution in [3.63, 3.8) is 0 Å². The SMILES string of the molecule is O=C1CN=C(c2ccccc2F)c2c(ccc(C(F)(F)F)c2Cl)N1. The molecule has 3 rings (SSSR count). The predicted molar refractivity (Wildman–Crippen MR) is 82.0 cm³/mol. The molecule has 8 heteroatoms. The summed E-state index contributed by atoms with van der Waals surface area (Å²) >= 11 is 5.95. The monoisotopic (exact) mass is 356 g/mol. The first-order valence-corrected chi connectivity index (χ1v) is 7.16. The molecule has 0 atom stereocenters. The van der Waals surface area contributed by atoms with E-state index in [0.717, 1.165) is 18.2 Å². The van der Waals surface area contributed by atoms with Gasteiger partial charge in [0.05, 0.1) is 22.0 Å². The lowest BCUT2D eigenvalue weighted by molar-refractivity contribution is -0.137. The number of carbonyl (C=O) groups is 1. The normalized spacial score (nSPS) is 14.5. The van der Waals surface area contributed by atoms with Crippen LogP contribution in [0.5, 0.6) is 0 Å². The average molecular weight is 357 g/mol. The van der Waals surface area contributed by atoms with E-state index < -0.39 is 28.5 Å². The third-order valence-corrected chi connectivity index (χ3v) is 3.86. The van der Waals surface area contributed by atoms with Crippen LogP contribution in [0.4, 0.5) is 23.2 Å². The second-order valence-electron chi connectivity index (χ2n) is 5.04. The van der Waals surface area contributed by atoms with Crippen molar-refractivity contribution in [1.82, 2.24) is 0 Å². The predicted octanol–water partition coefficient (Wildman–Crippen LogP) is 4.29. The maximum atomic E-state index is 14.1. The third kappa shape index (κ3) is 2.87. The summed E-state index contributed by atoms with van der Waals surface area (Å²) in [6, 6.07) is 7.33. The molecular formula is C16H9ClF4N2O. The second-order valence-corrected chi connectivity index (χ2v) is 5.42. The van der Waals surface area contributed by atoms with Crippen LogP contribution < -0.4 is 5.32 Å². The molecule has 0 bridgehead atoms. The minimum Gasteiger partial charge on any atom is -0.324 e. The topological polar surface area (TPSA) is 41.5 Å². The quantitative estimate of drug-likeness (QED) is 0.761. The molecule has 0 radical (unpaired) electrons. The molecule has 0 aromatic heterocycles. The number of fused-ring (bicyclic) bond motifs is 1. The Hall–Kier alpha value is -2.41. The molecule has 2 aromatic rings. The molecule has 0 saturated carbocycles. The molecule has 0 fully saturated rings. The number of nitrogens with one attached hydrogen (secondary N) is 1. The van der Waals surface area contributed by atoms with Gasteiger partial charge in [-0.2, -0.15) is 13.2 Å². The summed E-state index contributed by atoms with van der Waals surface area (Å²) in [6.45, 7) is -0.351. The molecule has 1 aliphatic rings. The van der Waals surface area contributed by atoms with Crippen molar-refractivity contribution >= 4 is 28.9 Å². The van der Waals surface area contributed by atoms with Gasteiger partial charge in [-0.3, -0.25) is 9.79 Å². The number of alkyl halides is 3. The van der Waals surface area contributed by atoms with Gasteiger partial charge < -0.3 is 5.32 Å². The summed E-state index contributed by atoms with van der Waals surface area (Å²) in [6.07, 6.45) is -4.69. The summed E-state index contributed by atoms with van der Waals surface area (Å²) in [7, 11) is 0. The minimum atomic E-state index is -4.69. The van der Waals surface area contributed by atoms with E-state index in [0.29, 0.717) is 0 Å². The molecule has 3 nitrogen and oxygen atoms in total. The van der Waals surface area contributed by atoms with Gasteiger partial charge in [-0.25, -0.2) is 4.39 Å². The Balaban J connectivity index is 2.31. The Morgan fingerprint density at radius 1 is 1.12 bits per heavy atom. The summed E-state index contributed by atoms with van der Waals surface area (Å²) in [5, 5.41) is 1.80. The Labute approximate surface area is 139 Å². The molecule has 0 unspecified atom stereocenters. The maximum absolute atomic E-state index is 14.1. The molecule has 24 heavy (non-hydrogen) atoms. The molecule has 124 valence electrons. The number of halogens is 5. The number of benzene rings is 2. The fraction of sp³-hybridized carbons (Fsp3) is 0.125. The maximum Gasteiger partial charge on any atom is 0.417 e. The van der Waals surface area contributed by atoms with Gasteiger partial charge in [0, 0.05) is 11.1 Å². The molecule has 1 amide bonds. The number of anilines is 1. The van der Waals surface area contributed by atoms with Crippen molar-refractivity contribution in [3.8, 4) is 0 Å². The largest absolute Gasteiger partial charge is 0.417 e. The van der Waals surface area contributed by atoms with Crippen molar-refractivity contribution < 1.29 is 22.4 Å². The molecular weight excluding hydrogens is 348 g/mol. The van der Waals surface area contributed by atoms with Crippen molar-refractivity contribution in [2.45, 2.75) is 6.18 Å². The van der Waals surface area contributed by atoms with Crippen LogP contribution in [0.1, 0.15) is 16.7 Å². The Kier molecular flexibility index (Phi) is 4.04. The number of amides is 1. The average Bonchev–Trinajstić information content (AvgIpc) is 2.66. The van der Waals surface area contributed by atoms with Gasteiger partial charge in [0.2, 0.25) is 5.91 Å². The number of aliphatic imine (C=N–C) groups is 1. The zero-order valence-electron chi connectivity index (χ0n) is 11.9. The smallest absolute Gasteiger partial charge is 0.324 e. The van der Waals surface area contributed by atoms with Crippen LogP contribution in [0, 0.1) is 5.82 Å². The van der Waals surface area contributed by atoms with E-state index in [1.54, 1.807) is 0 Å². The lowest BCUT2D eigenvalue weighted by atomic mass is 9.97. The number of nitrogens with zero attached hydrogens (tertiary/aromatic N) is 1. The first-order chi connectivity index (χ1) is 11.3. The summed E-state index contributed by atoms with van der Waals surface area (Å²) < 4.78 is 53.5. The molecule has 0 saturated heterocycles. The van der Waals surface area contributed by atoms with Crippen LogP contribution >= 0.6 is 11.6 Å². The molecule has 0 spiro atoms. The Morgan fingerprint density at radius 3 is 2.50 bits per heavy atom. The van der Waals surface area contributed by atoms with Crippen LogP contribution in [0.3, 0.4) is 0 Å². The lowest BCUT2D eigenvalue weighted by Crippen LogP contribution is -2.15. The van der Waals surface area contributed by atoms with E-state index in [-0.39, 0.29) is 29.1 Å². The Morgan fingerprint density at radius 2 is 1.83 bits per heavy atom. The minimum absolute atomic E-state index is 0.0310. The summed E-state index contributed by atoms with van der Waals surface area (Å²) in [5.74, 6) is -1.21. The van der Waals surface area contributed by atoms with Gasteiger partial charge in [-0.15, -0.1) is 0 Å². The summed E-state index contributed by atoms with van der Waals surface area (Å²) in [5.41, 5.74) is -1.31. The van der Waals surface area contributed by atoms with Gasteiger partial charge in [-0.05, 0) is 24.3 Å². The molecule has 1 heterocycles. The first-order valence-electron chi connectivity index (χ1n) is 6.78. The van der Waals surface area contributed by atoms with E-state index in [2.05, 4.69) is 10.3 Å². The highest BCUT2D eigenvalue weighted by Crippen LogP contribution is 2.40. The van der Waals surface area contributed by atoms with Gasteiger partial charge >= 0.3 is 6.18 Å². The highest BCUT2D eigenvalue weighted by atomic mass is 35.5. The van der Waals surface area contributed by atoms with Crippen molar-refractivity contribution in [3.05, 3.63) is 63.9 Å². The van der Waals surface area contributed by atoms with Crippen LogP contribution in [-0.4, -0.2) is 18.2 Å². The van der Waals surface area contributed by atoms with Crippen LogP contribution in [-0.2, 0) is 11.0 Å². The van der Waals surface area contributed by atoms with E-state index in [1.165, 1.54) is 18.2 Å². The van der Waals surface area contributed by atoms with E-state index in [4.69, 9.17) is 11.6 Å². The molecule has 1 aliphatic heterocycles. The van der Waals surface area contributed by atoms with Crippen LogP contribution in [0.15, 0.2) is 41.4 Å². The third-order valence-electron chi connectivity index (χ3n) is 3.47. The van der Waals surface area contributed by atoms with E-state index >= 15 is 0 Å². The van der Waals surface area contributed by atoms with Gasteiger partial charge in [0.1, 0.15) is 12.4 Å². The fourth-order valence-corrected chi connectivity index (χ4v) is 2.78. The second kappa shape index (κ2) is 5.90. The fourth-order valence-electron chi connectivity index (χ4n) is 2.42. The highest BCUT2D eigenvalue weighted by molar-refractivity contribution is 6.38. The number of carbonyl (C=O) groups excluding carboxylic acids is 1.